The van der Waals surface area contributed by atoms with E-state index in [4.69, 9.17) is 9.47 Å². The predicted octanol–water partition coefficient (Wildman–Crippen LogP) is 5.84. The van der Waals surface area contributed by atoms with Crippen LogP contribution in [0.25, 0.3) is 0 Å². The number of benzene rings is 2. The van der Waals surface area contributed by atoms with Gasteiger partial charge in [-0.15, -0.1) is 0 Å². The zero-order chi connectivity index (χ0) is 27.9. The van der Waals surface area contributed by atoms with Gasteiger partial charge in [-0.25, -0.2) is 9.59 Å². The Morgan fingerprint density at radius 2 is 1.82 bits per heavy atom. The first-order chi connectivity index (χ1) is 17.7. The number of nitrogens with zero attached hydrogens (tertiary/aromatic N) is 2. The standard InChI is InChI=1S/C29H37N3O6/c1-27(2,3)20-8-7-9-21(17-20)29(14-15-29)31-18-24(37-26(31)34)23(30-25(33)38-28(4,5)6)16-19-10-12-22(13-11-19)32(35)36/h7-13,17,23-24H,14-16,18H2,1-6H3,(H,30,33)/t23-,24+/m0/s1. The minimum atomic E-state index is -0.698. The highest BCUT2D eigenvalue weighted by atomic mass is 16.6. The van der Waals surface area contributed by atoms with Crippen LogP contribution in [0.1, 0.15) is 71.1 Å². The first kappa shape index (κ1) is 27.4. The number of amides is 2. The van der Waals surface area contributed by atoms with E-state index in [9.17, 15) is 19.7 Å². The van der Waals surface area contributed by atoms with E-state index in [1.165, 1.54) is 17.7 Å². The summed E-state index contributed by atoms with van der Waals surface area (Å²) in [7, 11) is 0. The normalized spacial score (nSPS) is 19.5. The number of nitro groups is 1. The zero-order valence-corrected chi connectivity index (χ0v) is 22.9. The largest absolute Gasteiger partial charge is 0.444 e. The van der Waals surface area contributed by atoms with Crippen molar-refractivity contribution >= 4 is 17.9 Å². The van der Waals surface area contributed by atoms with Gasteiger partial charge in [0.1, 0.15) is 11.7 Å². The Labute approximate surface area is 223 Å². The number of carbonyl (C=O) groups is 2. The third-order valence-electron chi connectivity index (χ3n) is 7.10. The maximum absolute atomic E-state index is 13.2. The molecule has 0 bridgehead atoms. The Bertz CT molecular complexity index is 1210. The van der Waals surface area contributed by atoms with Crippen molar-refractivity contribution in [3.63, 3.8) is 0 Å². The molecule has 9 nitrogen and oxygen atoms in total. The number of cyclic esters (lactones) is 1. The lowest BCUT2D eigenvalue weighted by molar-refractivity contribution is -0.384. The van der Waals surface area contributed by atoms with Crippen LogP contribution in [0.4, 0.5) is 15.3 Å². The topological polar surface area (TPSA) is 111 Å². The SMILES string of the molecule is CC(C)(C)OC(=O)N[C@@H](Cc1ccc([N+](=O)[O-])cc1)[C@H]1CN(C2(c3cccc(C(C)(C)C)c3)CC2)C(=O)O1. The lowest BCUT2D eigenvalue weighted by Crippen LogP contribution is -2.48. The zero-order valence-electron chi connectivity index (χ0n) is 22.9. The second-order valence-corrected chi connectivity index (χ2v) is 12.3. The molecule has 0 unspecified atom stereocenters. The fraction of sp³-hybridized carbons (Fsp3) is 0.517. The summed E-state index contributed by atoms with van der Waals surface area (Å²) in [6.07, 6.45) is 0.360. The van der Waals surface area contributed by atoms with Crippen molar-refractivity contribution in [3.05, 3.63) is 75.3 Å². The number of carbonyl (C=O) groups excluding carboxylic acids is 2. The van der Waals surface area contributed by atoms with Crippen LogP contribution in [-0.4, -0.2) is 46.3 Å². The molecule has 1 aliphatic carbocycles. The van der Waals surface area contributed by atoms with Gasteiger partial charge >= 0.3 is 12.2 Å². The molecule has 2 fully saturated rings. The van der Waals surface area contributed by atoms with Crippen LogP contribution in [-0.2, 0) is 26.8 Å². The first-order valence-corrected chi connectivity index (χ1v) is 13.0. The van der Waals surface area contributed by atoms with E-state index >= 15 is 0 Å². The summed E-state index contributed by atoms with van der Waals surface area (Å²) in [5.74, 6) is 0. The third-order valence-corrected chi connectivity index (χ3v) is 7.10. The quantitative estimate of drug-likeness (QED) is 0.361. The summed E-state index contributed by atoms with van der Waals surface area (Å²) in [6, 6.07) is 14.0. The summed E-state index contributed by atoms with van der Waals surface area (Å²) < 4.78 is 11.3. The molecule has 0 spiro atoms. The second kappa shape index (κ2) is 9.93. The summed E-state index contributed by atoms with van der Waals surface area (Å²) in [4.78, 5) is 38.3. The van der Waals surface area contributed by atoms with E-state index < -0.39 is 40.4 Å². The highest BCUT2D eigenvalue weighted by molar-refractivity contribution is 5.73. The van der Waals surface area contributed by atoms with Gasteiger partial charge in [-0.1, -0.05) is 57.2 Å². The Kier molecular flexibility index (Phi) is 7.16. The van der Waals surface area contributed by atoms with Crippen LogP contribution in [0, 0.1) is 10.1 Å². The Morgan fingerprint density at radius 1 is 1.16 bits per heavy atom. The molecule has 204 valence electrons. The van der Waals surface area contributed by atoms with Gasteiger partial charge in [-0.2, -0.15) is 0 Å². The molecule has 0 radical (unpaired) electrons. The number of rotatable bonds is 7. The Morgan fingerprint density at radius 3 is 2.37 bits per heavy atom. The fourth-order valence-electron chi connectivity index (χ4n) is 4.89. The second-order valence-electron chi connectivity index (χ2n) is 12.3. The molecule has 2 atom stereocenters. The number of hydrogen-bond donors (Lipinski definition) is 1. The molecule has 0 aromatic heterocycles. The van der Waals surface area contributed by atoms with E-state index in [1.807, 2.05) is 6.07 Å². The minimum absolute atomic E-state index is 0.0166. The van der Waals surface area contributed by atoms with Crippen molar-refractivity contribution < 1.29 is 24.0 Å². The van der Waals surface area contributed by atoms with Crippen molar-refractivity contribution in [2.45, 2.75) is 89.5 Å². The molecule has 1 aliphatic heterocycles. The number of nitro benzene ring substituents is 1. The van der Waals surface area contributed by atoms with Crippen molar-refractivity contribution in [2.75, 3.05) is 6.54 Å². The lowest BCUT2D eigenvalue weighted by atomic mass is 9.85. The molecular formula is C29H37N3O6. The van der Waals surface area contributed by atoms with Gasteiger partial charge < -0.3 is 14.8 Å². The summed E-state index contributed by atoms with van der Waals surface area (Å²) in [6.45, 7) is 12.1. The first-order valence-electron chi connectivity index (χ1n) is 13.0. The van der Waals surface area contributed by atoms with Gasteiger partial charge in [0, 0.05) is 12.1 Å². The van der Waals surface area contributed by atoms with E-state index in [0.717, 1.165) is 24.0 Å². The predicted molar refractivity (Wildman–Crippen MR) is 143 cm³/mol. The monoisotopic (exact) mass is 523 g/mol. The van der Waals surface area contributed by atoms with Crippen molar-refractivity contribution in [3.8, 4) is 0 Å². The third kappa shape index (κ3) is 6.09. The molecule has 9 heteroatoms. The van der Waals surface area contributed by atoms with Crippen LogP contribution in [0.2, 0.25) is 0 Å². The van der Waals surface area contributed by atoms with E-state index in [1.54, 1.807) is 37.8 Å². The minimum Gasteiger partial charge on any atom is -0.444 e. The van der Waals surface area contributed by atoms with E-state index in [-0.39, 0.29) is 11.1 Å². The van der Waals surface area contributed by atoms with Crippen LogP contribution in [0.3, 0.4) is 0 Å². The maximum atomic E-state index is 13.2. The van der Waals surface area contributed by atoms with E-state index in [0.29, 0.717) is 13.0 Å². The molecule has 2 amide bonds. The fourth-order valence-corrected chi connectivity index (χ4v) is 4.89. The van der Waals surface area contributed by atoms with Gasteiger partial charge in [0.15, 0.2) is 0 Å². The number of nitrogens with one attached hydrogen (secondary N) is 1. The Balaban J connectivity index is 1.57. The average molecular weight is 524 g/mol. The maximum Gasteiger partial charge on any atom is 0.411 e. The number of hydrogen-bond acceptors (Lipinski definition) is 6. The van der Waals surface area contributed by atoms with Gasteiger partial charge in [0.05, 0.1) is 23.0 Å². The van der Waals surface area contributed by atoms with Crippen LogP contribution in [0.15, 0.2) is 48.5 Å². The molecule has 1 saturated heterocycles. The highest BCUT2D eigenvalue weighted by Crippen LogP contribution is 2.53. The molecule has 2 aromatic rings. The number of non-ortho nitro benzene ring substituents is 1. The smallest absolute Gasteiger partial charge is 0.411 e. The Hall–Kier alpha value is -3.62. The van der Waals surface area contributed by atoms with Gasteiger partial charge in [0.2, 0.25) is 0 Å². The van der Waals surface area contributed by atoms with Crippen LogP contribution in [0.5, 0.6) is 0 Å². The average Bonchev–Trinajstić information content (AvgIpc) is 3.53. The summed E-state index contributed by atoms with van der Waals surface area (Å²) in [5, 5.41) is 13.9. The van der Waals surface area contributed by atoms with Crippen molar-refractivity contribution in [1.82, 2.24) is 10.2 Å². The molecule has 1 heterocycles. The van der Waals surface area contributed by atoms with Crippen molar-refractivity contribution in [2.24, 2.45) is 0 Å². The molecule has 1 saturated carbocycles. The van der Waals surface area contributed by atoms with E-state index in [2.05, 4.69) is 44.3 Å². The highest BCUT2D eigenvalue weighted by Gasteiger charge is 2.56. The lowest BCUT2D eigenvalue weighted by Gasteiger charge is -2.29. The molecule has 4 rings (SSSR count). The van der Waals surface area contributed by atoms with Gasteiger partial charge in [-0.05, 0) is 62.1 Å². The molecule has 2 aliphatic rings. The molecule has 38 heavy (non-hydrogen) atoms. The number of ether oxygens (including phenoxy) is 2. The summed E-state index contributed by atoms with van der Waals surface area (Å²) in [5.41, 5.74) is 1.91. The number of alkyl carbamates (subject to hydrolysis) is 1. The van der Waals surface area contributed by atoms with Crippen LogP contribution >= 0.6 is 0 Å². The van der Waals surface area contributed by atoms with Crippen LogP contribution < -0.4 is 5.32 Å². The van der Waals surface area contributed by atoms with Crippen molar-refractivity contribution in [1.29, 1.82) is 0 Å². The molecular weight excluding hydrogens is 486 g/mol. The summed E-state index contributed by atoms with van der Waals surface area (Å²) >= 11 is 0. The van der Waals surface area contributed by atoms with Gasteiger partial charge in [0.25, 0.3) is 5.69 Å². The van der Waals surface area contributed by atoms with Gasteiger partial charge in [-0.3, -0.25) is 15.0 Å². The molecule has 1 N–H and O–H groups in total. The molecule has 2 aromatic carbocycles.